The van der Waals surface area contributed by atoms with Crippen molar-refractivity contribution in [2.24, 2.45) is 5.92 Å². The fourth-order valence-corrected chi connectivity index (χ4v) is 3.49. The number of carbonyl (C=O) groups is 3. The smallest absolute Gasteiger partial charge is 0.420 e. The monoisotopic (exact) mass is 413 g/mol. The van der Waals surface area contributed by atoms with E-state index in [9.17, 15) is 14.4 Å². The van der Waals surface area contributed by atoms with Crippen LogP contribution in [0.25, 0.3) is 0 Å². The van der Waals surface area contributed by atoms with Gasteiger partial charge in [0.2, 0.25) is 0 Å². The van der Waals surface area contributed by atoms with Crippen LogP contribution in [-0.2, 0) is 19.0 Å². The number of rotatable bonds is 4. The van der Waals surface area contributed by atoms with E-state index in [1.807, 2.05) is 6.08 Å². The summed E-state index contributed by atoms with van der Waals surface area (Å²) in [4.78, 5) is 39.3. The summed E-state index contributed by atoms with van der Waals surface area (Å²) >= 11 is 0. The van der Waals surface area contributed by atoms with Crippen LogP contribution in [0.2, 0.25) is 19.6 Å². The van der Waals surface area contributed by atoms with Gasteiger partial charge < -0.3 is 14.2 Å². The lowest BCUT2D eigenvalue weighted by Crippen LogP contribution is -2.55. The van der Waals surface area contributed by atoms with Crippen molar-refractivity contribution in [3.05, 3.63) is 11.8 Å². The Bertz CT molecular complexity index is 625. The highest BCUT2D eigenvalue weighted by Crippen LogP contribution is 2.51. The van der Waals surface area contributed by atoms with Gasteiger partial charge in [-0.1, -0.05) is 31.4 Å². The highest BCUT2D eigenvalue weighted by atomic mass is 28.3. The molecule has 160 valence electrons. The van der Waals surface area contributed by atoms with Crippen molar-refractivity contribution in [2.75, 3.05) is 7.11 Å². The Morgan fingerprint density at radius 3 is 1.71 bits per heavy atom. The SMILES string of the molecule is COC(=O)C1(N(C(=O)OC(C)(C)C)C(=O)OC(C)(C)C)CC1/C=C/[Si](C)(C)C. The lowest BCUT2D eigenvalue weighted by molar-refractivity contribution is -0.149. The molecule has 28 heavy (non-hydrogen) atoms. The van der Waals surface area contributed by atoms with Crippen molar-refractivity contribution in [3.63, 3.8) is 0 Å². The lowest BCUT2D eigenvalue weighted by atomic mass is 10.1. The Morgan fingerprint density at radius 2 is 1.39 bits per heavy atom. The number of nitrogens with zero attached hydrogens (tertiary/aromatic N) is 1. The maximum absolute atomic E-state index is 12.9. The van der Waals surface area contributed by atoms with Crippen molar-refractivity contribution >= 4 is 26.2 Å². The van der Waals surface area contributed by atoms with Crippen molar-refractivity contribution < 1.29 is 28.6 Å². The standard InChI is InChI=1S/C20H35NO6Si/c1-18(2,3)26-16(23)21(17(24)27-19(4,5)6)20(15(22)25-7)13-14(20)11-12-28(8,9)10/h11-12,14H,13H2,1-10H3/b12-11+. The number of amides is 2. The Balaban J connectivity index is 3.37. The summed E-state index contributed by atoms with van der Waals surface area (Å²) in [6.45, 7) is 16.6. The molecule has 0 radical (unpaired) electrons. The minimum Gasteiger partial charge on any atom is -0.467 e. The quantitative estimate of drug-likeness (QED) is 0.383. The lowest BCUT2D eigenvalue weighted by Gasteiger charge is -2.32. The summed E-state index contributed by atoms with van der Waals surface area (Å²) in [5.74, 6) is -0.999. The summed E-state index contributed by atoms with van der Waals surface area (Å²) < 4.78 is 15.8. The molecule has 0 heterocycles. The van der Waals surface area contributed by atoms with Crippen LogP contribution in [0.4, 0.5) is 9.59 Å². The van der Waals surface area contributed by atoms with Crippen LogP contribution in [0, 0.1) is 5.92 Å². The molecule has 0 aromatic carbocycles. The predicted octanol–water partition coefficient (Wildman–Crippen LogP) is 4.52. The first kappa shape index (κ1) is 24.2. The Hall–Kier alpha value is -1.83. The van der Waals surface area contributed by atoms with Gasteiger partial charge in [0.1, 0.15) is 11.2 Å². The van der Waals surface area contributed by atoms with Crippen molar-refractivity contribution in [1.29, 1.82) is 0 Å². The summed E-state index contributed by atoms with van der Waals surface area (Å²) in [6.07, 6.45) is 0.344. The normalized spacial score (nSPS) is 22.6. The molecule has 1 saturated carbocycles. The second-order valence-corrected chi connectivity index (χ2v) is 15.3. The molecule has 2 unspecified atom stereocenters. The zero-order valence-electron chi connectivity index (χ0n) is 18.8. The van der Waals surface area contributed by atoms with Crippen molar-refractivity contribution in [2.45, 2.75) is 84.3 Å². The number of methoxy groups -OCH3 is 1. The molecule has 1 aliphatic rings. The highest BCUT2D eigenvalue weighted by Gasteiger charge is 2.69. The van der Waals surface area contributed by atoms with Crippen molar-refractivity contribution in [3.8, 4) is 0 Å². The fourth-order valence-electron chi connectivity index (χ4n) is 2.68. The van der Waals surface area contributed by atoms with E-state index in [0.29, 0.717) is 0 Å². The van der Waals surface area contributed by atoms with Gasteiger partial charge in [0, 0.05) is 5.92 Å². The van der Waals surface area contributed by atoms with Gasteiger partial charge in [-0.3, -0.25) is 0 Å². The van der Waals surface area contributed by atoms with E-state index in [1.54, 1.807) is 41.5 Å². The molecule has 2 amide bonds. The zero-order chi connectivity index (χ0) is 22.1. The van der Waals surface area contributed by atoms with E-state index >= 15 is 0 Å². The summed E-state index contributed by atoms with van der Waals surface area (Å²) in [7, 11) is -0.296. The van der Waals surface area contributed by atoms with E-state index in [4.69, 9.17) is 14.2 Å². The molecule has 1 fully saturated rings. The number of carbonyl (C=O) groups excluding carboxylic acids is 3. The second-order valence-electron chi connectivity index (χ2n) is 10.2. The Kier molecular flexibility index (Phi) is 6.82. The van der Waals surface area contributed by atoms with Crippen LogP contribution in [0.5, 0.6) is 0 Å². The van der Waals surface area contributed by atoms with E-state index in [0.717, 1.165) is 4.90 Å². The summed E-state index contributed by atoms with van der Waals surface area (Å²) in [5, 5.41) is 0. The Labute approximate surface area is 169 Å². The van der Waals surface area contributed by atoms with Crippen molar-refractivity contribution in [1.82, 2.24) is 4.90 Å². The van der Waals surface area contributed by atoms with E-state index in [2.05, 4.69) is 25.3 Å². The predicted molar refractivity (Wildman–Crippen MR) is 110 cm³/mol. The molecule has 8 heteroatoms. The molecular formula is C20H35NO6Si. The van der Waals surface area contributed by atoms with Gasteiger partial charge in [0.15, 0.2) is 5.54 Å². The van der Waals surface area contributed by atoms with Crippen LogP contribution < -0.4 is 0 Å². The van der Waals surface area contributed by atoms with Gasteiger partial charge >= 0.3 is 18.2 Å². The molecule has 0 aromatic rings. The van der Waals surface area contributed by atoms with Gasteiger partial charge in [0.05, 0.1) is 15.2 Å². The van der Waals surface area contributed by atoms with E-state index in [1.165, 1.54) is 7.11 Å². The van der Waals surface area contributed by atoms with Crippen LogP contribution in [0.3, 0.4) is 0 Å². The number of imide groups is 1. The molecule has 0 N–H and O–H groups in total. The largest absolute Gasteiger partial charge is 0.467 e. The second kappa shape index (κ2) is 7.89. The van der Waals surface area contributed by atoms with Gasteiger partial charge in [-0.15, -0.1) is 0 Å². The zero-order valence-corrected chi connectivity index (χ0v) is 19.8. The first-order valence-corrected chi connectivity index (χ1v) is 13.0. The average molecular weight is 414 g/mol. The van der Waals surface area contributed by atoms with Gasteiger partial charge in [-0.2, -0.15) is 4.90 Å². The third kappa shape index (κ3) is 6.36. The molecule has 0 aliphatic heterocycles. The molecule has 0 spiro atoms. The van der Waals surface area contributed by atoms with Crippen LogP contribution in [-0.4, -0.2) is 55.0 Å². The summed E-state index contributed by atoms with van der Waals surface area (Å²) in [5.41, 5.74) is -1.04. The molecule has 7 nitrogen and oxygen atoms in total. The minimum atomic E-state index is -1.54. The van der Waals surface area contributed by atoms with E-state index in [-0.39, 0.29) is 12.3 Å². The molecule has 1 aliphatic carbocycles. The summed E-state index contributed by atoms with van der Waals surface area (Å²) in [6, 6.07) is 0. The maximum Gasteiger partial charge on any atom is 0.420 e. The number of hydrogen-bond acceptors (Lipinski definition) is 6. The minimum absolute atomic E-state index is 0.277. The van der Waals surface area contributed by atoms with Crippen LogP contribution in [0.15, 0.2) is 11.8 Å². The van der Waals surface area contributed by atoms with Crippen LogP contribution in [0.1, 0.15) is 48.0 Å². The maximum atomic E-state index is 12.9. The molecule has 2 atom stereocenters. The van der Waals surface area contributed by atoms with Gasteiger partial charge in [-0.05, 0) is 48.0 Å². The number of ether oxygens (including phenoxy) is 3. The molecule has 0 aromatic heterocycles. The topological polar surface area (TPSA) is 82.1 Å². The average Bonchev–Trinajstić information content (AvgIpc) is 3.15. The van der Waals surface area contributed by atoms with Gasteiger partial charge in [-0.25, -0.2) is 14.4 Å². The first-order chi connectivity index (χ1) is 12.4. The number of esters is 1. The van der Waals surface area contributed by atoms with E-state index < -0.39 is 43.0 Å². The molecular weight excluding hydrogens is 378 g/mol. The molecule has 1 rings (SSSR count). The van der Waals surface area contributed by atoms with Gasteiger partial charge in [0.25, 0.3) is 0 Å². The Morgan fingerprint density at radius 1 is 0.964 bits per heavy atom. The third-order valence-corrected chi connectivity index (χ3v) is 5.10. The fraction of sp³-hybridized carbons (Fsp3) is 0.750. The highest BCUT2D eigenvalue weighted by molar-refractivity contribution is 6.80. The molecule has 0 saturated heterocycles. The first-order valence-electron chi connectivity index (χ1n) is 9.47. The molecule has 0 bridgehead atoms. The van der Waals surface area contributed by atoms with Crippen LogP contribution >= 0.6 is 0 Å². The number of hydrogen-bond donors (Lipinski definition) is 0. The third-order valence-electron chi connectivity index (χ3n) is 3.90.